The maximum absolute atomic E-state index is 13.1. The fourth-order valence-corrected chi connectivity index (χ4v) is 4.22. The van der Waals surface area contributed by atoms with Crippen LogP contribution in [0.3, 0.4) is 0 Å². The van der Waals surface area contributed by atoms with E-state index in [0.29, 0.717) is 18.2 Å². The minimum Gasteiger partial charge on any atom is -0.394 e. The highest BCUT2D eigenvalue weighted by molar-refractivity contribution is 7.17. The van der Waals surface area contributed by atoms with Crippen LogP contribution in [0.4, 0.5) is 5.95 Å². The number of likely N-dealkylation sites (tertiary alicyclic amines) is 1. The van der Waals surface area contributed by atoms with E-state index >= 15 is 0 Å². The third-order valence-electron chi connectivity index (χ3n) is 4.88. The van der Waals surface area contributed by atoms with Crippen LogP contribution < -0.4 is 5.32 Å². The molecule has 0 radical (unpaired) electrons. The highest BCUT2D eigenvalue weighted by atomic mass is 32.1. The summed E-state index contributed by atoms with van der Waals surface area (Å²) in [6.45, 7) is 2.63. The van der Waals surface area contributed by atoms with Gasteiger partial charge >= 0.3 is 0 Å². The molecular weight excluding hydrogens is 362 g/mol. The van der Waals surface area contributed by atoms with Gasteiger partial charge in [-0.15, -0.1) is 11.3 Å². The van der Waals surface area contributed by atoms with E-state index < -0.39 is 0 Å². The summed E-state index contributed by atoms with van der Waals surface area (Å²) in [7, 11) is 0. The number of hydrogen-bond donors (Lipinski definition) is 2. The number of aliphatic hydroxyl groups excluding tert-OH is 1. The van der Waals surface area contributed by atoms with Gasteiger partial charge < -0.3 is 15.3 Å². The second-order valence-corrected chi connectivity index (χ2v) is 7.58. The van der Waals surface area contributed by atoms with Gasteiger partial charge in [-0.05, 0) is 42.8 Å². The second-order valence-electron chi connectivity index (χ2n) is 6.66. The maximum Gasteiger partial charge on any atom is 0.274 e. The fourth-order valence-electron chi connectivity index (χ4n) is 3.41. The van der Waals surface area contributed by atoms with Crippen molar-refractivity contribution in [3.63, 3.8) is 0 Å². The predicted octanol–water partition coefficient (Wildman–Crippen LogP) is 2.86. The predicted molar refractivity (Wildman–Crippen MR) is 105 cm³/mol. The molecule has 1 fully saturated rings. The monoisotopic (exact) mass is 383 g/mol. The quantitative estimate of drug-likeness (QED) is 0.704. The Morgan fingerprint density at radius 2 is 2.33 bits per heavy atom. The molecule has 4 heterocycles. The number of carbonyl (C=O) groups excluding carboxylic acids is 1. The van der Waals surface area contributed by atoms with Crippen LogP contribution in [0.5, 0.6) is 0 Å². The Bertz CT molecular complexity index is 946. The first-order valence-corrected chi connectivity index (χ1v) is 9.89. The summed E-state index contributed by atoms with van der Waals surface area (Å²) in [4.78, 5) is 28.1. The fraction of sp³-hybridized carbons (Fsp3) is 0.368. The molecule has 1 amide bonds. The molecule has 0 spiro atoms. The van der Waals surface area contributed by atoms with E-state index in [1.165, 1.54) is 11.3 Å². The van der Waals surface area contributed by atoms with Crippen molar-refractivity contribution in [2.45, 2.75) is 31.8 Å². The summed E-state index contributed by atoms with van der Waals surface area (Å²) in [5.41, 5.74) is 2.16. The number of aromatic nitrogens is 3. The van der Waals surface area contributed by atoms with Gasteiger partial charge in [-0.25, -0.2) is 9.97 Å². The average molecular weight is 383 g/mol. The molecule has 0 saturated carbocycles. The lowest BCUT2D eigenvalue weighted by Gasteiger charge is -2.23. The molecule has 1 saturated heterocycles. The van der Waals surface area contributed by atoms with Crippen molar-refractivity contribution < 1.29 is 9.90 Å². The first-order valence-electron chi connectivity index (χ1n) is 9.01. The molecule has 1 aliphatic heterocycles. The van der Waals surface area contributed by atoms with Gasteiger partial charge in [-0.3, -0.25) is 9.78 Å². The van der Waals surface area contributed by atoms with Gasteiger partial charge in [0.1, 0.15) is 0 Å². The van der Waals surface area contributed by atoms with Crippen molar-refractivity contribution >= 4 is 33.4 Å². The Morgan fingerprint density at radius 3 is 3.11 bits per heavy atom. The lowest BCUT2D eigenvalue weighted by Crippen LogP contribution is -2.38. The van der Waals surface area contributed by atoms with Gasteiger partial charge in [0.15, 0.2) is 5.69 Å². The minimum absolute atomic E-state index is 0.0203. The van der Waals surface area contributed by atoms with Crippen molar-refractivity contribution in [3.05, 3.63) is 47.2 Å². The Hall–Kier alpha value is -2.58. The Kier molecular flexibility index (Phi) is 5.00. The molecule has 8 heteroatoms. The summed E-state index contributed by atoms with van der Waals surface area (Å²) in [5.74, 6) is 0.277. The molecule has 1 aliphatic rings. The Labute approximate surface area is 161 Å². The third kappa shape index (κ3) is 3.50. The average Bonchev–Trinajstić information content (AvgIpc) is 3.36. The molecule has 7 nitrogen and oxygen atoms in total. The lowest BCUT2D eigenvalue weighted by atomic mass is 10.1. The topological polar surface area (TPSA) is 91.2 Å². The molecule has 3 aromatic rings. The van der Waals surface area contributed by atoms with Crippen LogP contribution in [0.2, 0.25) is 0 Å². The summed E-state index contributed by atoms with van der Waals surface area (Å²) in [5, 5.41) is 14.8. The van der Waals surface area contributed by atoms with E-state index in [0.717, 1.165) is 28.6 Å². The number of thiophene rings is 1. The summed E-state index contributed by atoms with van der Waals surface area (Å²) in [6.07, 6.45) is 5.25. The van der Waals surface area contributed by atoms with Crippen LogP contribution in [0, 0.1) is 0 Å². The number of hydrogen-bond acceptors (Lipinski definition) is 7. The molecule has 4 rings (SSSR count). The number of nitrogens with zero attached hydrogens (tertiary/aromatic N) is 4. The Balaban J connectivity index is 1.67. The number of pyridine rings is 1. The molecule has 0 bridgehead atoms. The normalized spacial score (nSPS) is 18.0. The standard InChI is InChI=1S/C19H21N5O2S/c1-12(13-4-2-7-20-10-13)21-19-22-15-6-9-27-17(15)16(23-19)18(26)24-8-3-5-14(24)11-25/h2,4,6-7,9-10,12,14,25H,3,5,8,11H2,1H3,(H,21,22,23)/t12?,14-/m1/s1. The third-order valence-corrected chi connectivity index (χ3v) is 5.80. The van der Waals surface area contributed by atoms with Gasteiger partial charge in [0.2, 0.25) is 5.95 Å². The van der Waals surface area contributed by atoms with E-state index in [-0.39, 0.29) is 24.6 Å². The number of anilines is 1. The molecule has 0 aromatic carbocycles. The SMILES string of the molecule is CC(Nc1nc(C(=O)N2CCC[C@@H]2CO)c2sccc2n1)c1cccnc1. The van der Waals surface area contributed by atoms with Gasteiger partial charge in [0.25, 0.3) is 5.91 Å². The lowest BCUT2D eigenvalue weighted by molar-refractivity contribution is 0.0674. The first kappa shape index (κ1) is 17.8. The molecular formula is C19H21N5O2S. The molecule has 2 atom stereocenters. The van der Waals surface area contributed by atoms with E-state index in [1.54, 1.807) is 17.3 Å². The van der Waals surface area contributed by atoms with Crippen molar-refractivity contribution in [3.8, 4) is 0 Å². The van der Waals surface area contributed by atoms with E-state index in [4.69, 9.17) is 0 Å². The molecule has 140 valence electrons. The van der Waals surface area contributed by atoms with E-state index in [1.807, 2.05) is 30.5 Å². The first-order chi connectivity index (χ1) is 13.2. The van der Waals surface area contributed by atoms with Crippen LogP contribution in [0.25, 0.3) is 10.2 Å². The van der Waals surface area contributed by atoms with Crippen LogP contribution in [-0.2, 0) is 0 Å². The highest BCUT2D eigenvalue weighted by Crippen LogP contribution is 2.28. The van der Waals surface area contributed by atoms with Gasteiger partial charge in [0.05, 0.1) is 28.9 Å². The van der Waals surface area contributed by atoms with Crippen LogP contribution >= 0.6 is 11.3 Å². The van der Waals surface area contributed by atoms with Gasteiger partial charge in [0, 0.05) is 18.9 Å². The number of rotatable bonds is 5. The van der Waals surface area contributed by atoms with Crippen LogP contribution in [-0.4, -0.2) is 50.1 Å². The van der Waals surface area contributed by atoms with Crippen LogP contribution in [0.1, 0.15) is 41.9 Å². The minimum atomic E-state index is -0.140. The largest absolute Gasteiger partial charge is 0.394 e. The van der Waals surface area contributed by atoms with Gasteiger partial charge in [-0.2, -0.15) is 0 Å². The summed E-state index contributed by atoms with van der Waals surface area (Å²) < 4.78 is 0.781. The zero-order chi connectivity index (χ0) is 18.8. The van der Waals surface area contributed by atoms with Crippen molar-refractivity contribution in [2.24, 2.45) is 0 Å². The van der Waals surface area contributed by atoms with E-state index in [9.17, 15) is 9.90 Å². The Morgan fingerprint density at radius 1 is 1.44 bits per heavy atom. The highest BCUT2D eigenvalue weighted by Gasteiger charge is 2.31. The zero-order valence-corrected chi connectivity index (χ0v) is 15.8. The van der Waals surface area contributed by atoms with Gasteiger partial charge in [-0.1, -0.05) is 6.07 Å². The van der Waals surface area contributed by atoms with Crippen molar-refractivity contribution in [2.75, 3.05) is 18.5 Å². The smallest absolute Gasteiger partial charge is 0.274 e. The number of aliphatic hydroxyl groups is 1. The van der Waals surface area contributed by atoms with Crippen LogP contribution in [0.15, 0.2) is 36.0 Å². The molecule has 0 aliphatic carbocycles. The van der Waals surface area contributed by atoms with Crippen molar-refractivity contribution in [1.29, 1.82) is 0 Å². The molecule has 1 unspecified atom stereocenters. The van der Waals surface area contributed by atoms with Crippen molar-refractivity contribution in [1.82, 2.24) is 19.9 Å². The second kappa shape index (κ2) is 7.58. The number of nitrogens with one attached hydrogen (secondary N) is 1. The number of carbonyl (C=O) groups is 1. The summed E-state index contributed by atoms with van der Waals surface area (Å²) >= 11 is 1.46. The van der Waals surface area contributed by atoms with E-state index in [2.05, 4.69) is 20.3 Å². The number of amides is 1. The maximum atomic E-state index is 13.1. The number of fused-ring (bicyclic) bond motifs is 1. The molecule has 2 N–H and O–H groups in total. The molecule has 27 heavy (non-hydrogen) atoms. The zero-order valence-electron chi connectivity index (χ0n) is 15.0. The molecule has 3 aromatic heterocycles. The summed E-state index contributed by atoms with van der Waals surface area (Å²) in [6, 6.07) is 5.58.